The van der Waals surface area contributed by atoms with E-state index in [0.29, 0.717) is 38.7 Å². The predicted octanol–water partition coefficient (Wildman–Crippen LogP) is 5.85. The molecule has 3 rings (SSSR count). The van der Waals surface area contributed by atoms with Crippen LogP contribution >= 0.6 is 39.1 Å². The lowest BCUT2D eigenvalue weighted by Gasteiger charge is -2.09. The van der Waals surface area contributed by atoms with Crippen molar-refractivity contribution >= 4 is 68.8 Å². The molecule has 0 heterocycles. The number of anilines is 1. The van der Waals surface area contributed by atoms with Crippen molar-refractivity contribution in [3.05, 3.63) is 86.3 Å². The van der Waals surface area contributed by atoms with E-state index in [2.05, 4.69) is 31.8 Å². The van der Waals surface area contributed by atoms with E-state index in [9.17, 15) is 14.4 Å². The van der Waals surface area contributed by atoms with Gasteiger partial charge >= 0.3 is 17.8 Å². The summed E-state index contributed by atoms with van der Waals surface area (Å²) in [6.07, 6.45) is 2.12. The summed E-state index contributed by atoms with van der Waals surface area (Å²) in [7, 11) is 0. The summed E-state index contributed by atoms with van der Waals surface area (Å²) in [5, 5.41) is 6.72. The Bertz CT molecular complexity index is 1300. The van der Waals surface area contributed by atoms with E-state index in [0.717, 1.165) is 6.42 Å². The molecule has 3 aromatic rings. The number of esters is 1. The first-order valence-electron chi connectivity index (χ1n) is 10.6. The normalized spacial score (nSPS) is 10.7. The van der Waals surface area contributed by atoms with Crippen LogP contribution in [-0.4, -0.2) is 30.6 Å². The van der Waals surface area contributed by atoms with Crippen LogP contribution < -0.4 is 20.2 Å². The van der Waals surface area contributed by atoms with Crippen LogP contribution in [0.3, 0.4) is 0 Å². The number of rotatable bonds is 8. The summed E-state index contributed by atoms with van der Waals surface area (Å²) >= 11 is 15.1. The van der Waals surface area contributed by atoms with Crippen LogP contribution in [0.2, 0.25) is 10.0 Å². The smallest absolute Gasteiger partial charge is 0.343 e. The monoisotopic (exact) mass is 591 g/mol. The highest BCUT2D eigenvalue weighted by molar-refractivity contribution is 9.10. The second-order valence-electron chi connectivity index (χ2n) is 7.23. The largest absolute Gasteiger partial charge is 0.494 e. The van der Waals surface area contributed by atoms with Crippen molar-refractivity contribution in [3.63, 3.8) is 0 Å². The number of nitrogens with zero attached hydrogens (tertiary/aromatic N) is 1. The topological polar surface area (TPSA) is 106 Å². The number of amides is 2. The van der Waals surface area contributed by atoms with Crippen molar-refractivity contribution in [2.24, 2.45) is 5.10 Å². The standard InChI is InChI=1S/C25H20BrCl2N3O5/c1-2-11-35-19-7-3-15(4-8-19)25(34)36-22-10-5-17(26)12-16(22)14-29-31-24(33)23(32)30-18-6-9-20(27)21(28)13-18/h3-10,12-14H,2,11H2,1H3,(H,30,32)(H,31,33)/b29-14+. The molecule has 2 N–H and O–H groups in total. The number of halogens is 3. The maximum atomic E-state index is 12.6. The summed E-state index contributed by atoms with van der Waals surface area (Å²) in [5.74, 6) is -1.70. The molecule has 36 heavy (non-hydrogen) atoms. The van der Waals surface area contributed by atoms with Gasteiger partial charge in [0.15, 0.2) is 0 Å². The van der Waals surface area contributed by atoms with E-state index >= 15 is 0 Å². The van der Waals surface area contributed by atoms with Gasteiger partial charge in [0.25, 0.3) is 0 Å². The molecule has 0 aromatic heterocycles. The molecule has 0 fully saturated rings. The van der Waals surface area contributed by atoms with Crippen LogP contribution in [0.4, 0.5) is 5.69 Å². The van der Waals surface area contributed by atoms with E-state index in [1.165, 1.54) is 24.4 Å². The number of hydrogen-bond donors (Lipinski definition) is 2. The average molecular weight is 593 g/mol. The third kappa shape index (κ3) is 7.81. The summed E-state index contributed by atoms with van der Waals surface area (Å²) in [5.41, 5.74) is 3.12. The Labute approximate surface area is 225 Å². The average Bonchev–Trinajstić information content (AvgIpc) is 2.86. The van der Waals surface area contributed by atoms with Crippen molar-refractivity contribution < 1.29 is 23.9 Å². The van der Waals surface area contributed by atoms with Gasteiger partial charge in [-0.25, -0.2) is 10.2 Å². The van der Waals surface area contributed by atoms with Crippen molar-refractivity contribution in [1.82, 2.24) is 5.43 Å². The summed E-state index contributed by atoms with van der Waals surface area (Å²) in [6.45, 7) is 2.59. The lowest BCUT2D eigenvalue weighted by atomic mass is 10.2. The number of carbonyl (C=O) groups is 3. The van der Waals surface area contributed by atoms with E-state index in [1.54, 1.807) is 42.5 Å². The Morgan fingerprint density at radius 2 is 1.72 bits per heavy atom. The minimum atomic E-state index is -1.02. The van der Waals surface area contributed by atoms with Crippen LogP contribution in [0.1, 0.15) is 29.3 Å². The van der Waals surface area contributed by atoms with Gasteiger partial charge in [-0.1, -0.05) is 46.1 Å². The van der Waals surface area contributed by atoms with Gasteiger partial charge < -0.3 is 14.8 Å². The van der Waals surface area contributed by atoms with Gasteiger partial charge in [-0.2, -0.15) is 5.10 Å². The molecule has 0 aliphatic heterocycles. The predicted molar refractivity (Wildman–Crippen MR) is 142 cm³/mol. The molecule has 0 atom stereocenters. The zero-order valence-corrected chi connectivity index (χ0v) is 22.0. The summed E-state index contributed by atoms with van der Waals surface area (Å²) < 4.78 is 11.7. The van der Waals surface area contributed by atoms with E-state index in [-0.39, 0.29) is 10.8 Å². The molecule has 0 spiro atoms. The van der Waals surface area contributed by atoms with Crippen molar-refractivity contribution in [2.45, 2.75) is 13.3 Å². The van der Waals surface area contributed by atoms with Gasteiger partial charge in [-0.05, 0) is 67.1 Å². The molecule has 8 nitrogen and oxygen atoms in total. The van der Waals surface area contributed by atoms with E-state index in [4.69, 9.17) is 32.7 Å². The van der Waals surface area contributed by atoms with Gasteiger partial charge in [0.2, 0.25) is 0 Å². The Morgan fingerprint density at radius 3 is 2.42 bits per heavy atom. The number of ether oxygens (including phenoxy) is 2. The summed E-state index contributed by atoms with van der Waals surface area (Å²) in [6, 6.07) is 15.9. The lowest BCUT2D eigenvalue weighted by molar-refractivity contribution is -0.136. The summed E-state index contributed by atoms with van der Waals surface area (Å²) in [4.78, 5) is 36.8. The zero-order valence-electron chi connectivity index (χ0n) is 18.9. The minimum absolute atomic E-state index is 0.202. The van der Waals surface area contributed by atoms with Gasteiger partial charge in [-0.3, -0.25) is 9.59 Å². The van der Waals surface area contributed by atoms with Crippen molar-refractivity contribution in [2.75, 3.05) is 11.9 Å². The fraction of sp³-hybridized carbons (Fsp3) is 0.120. The SMILES string of the molecule is CCCOc1ccc(C(=O)Oc2ccc(Br)cc2/C=N/NC(=O)C(=O)Nc2ccc(Cl)c(Cl)c2)cc1. The van der Waals surface area contributed by atoms with E-state index < -0.39 is 17.8 Å². The van der Waals surface area contributed by atoms with Gasteiger partial charge in [0.1, 0.15) is 11.5 Å². The quantitative estimate of drug-likeness (QED) is 0.112. The van der Waals surface area contributed by atoms with Crippen molar-refractivity contribution in [1.29, 1.82) is 0 Å². The number of benzene rings is 3. The third-order valence-corrected chi connectivity index (χ3v) is 5.72. The molecular formula is C25H20BrCl2N3O5. The second kappa shape index (κ2) is 13.1. The Kier molecular flexibility index (Phi) is 9.86. The molecule has 0 radical (unpaired) electrons. The van der Waals surface area contributed by atoms with Crippen LogP contribution in [0, 0.1) is 0 Å². The number of nitrogens with one attached hydrogen (secondary N) is 2. The first-order chi connectivity index (χ1) is 17.3. The Morgan fingerprint density at radius 1 is 0.972 bits per heavy atom. The molecule has 0 saturated heterocycles. The maximum absolute atomic E-state index is 12.6. The molecule has 0 bridgehead atoms. The molecule has 2 amide bonds. The maximum Gasteiger partial charge on any atom is 0.343 e. The van der Waals surface area contributed by atoms with Gasteiger partial charge in [0, 0.05) is 15.7 Å². The molecule has 3 aromatic carbocycles. The Balaban J connectivity index is 1.63. The highest BCUT2D eigenvalue weighted by Gasteiger charge is 2.15. The first-order valence-corrected chi connectivity index (χ1v) is 12.2. The molecule has 11 heteroatoms. The zero-order chi connectivity index (χ0) is 26.1. The van der Waals surface area contributed by atoms with Crippen molar-refractivity contribution in [3.8, 4) is 11.5 Å². The molecule has 0 aliphatic carbocycles. The number of hydrazone groups is 1. The van der Waals surface area contributed by atoms with Crippen LogP contribution in [-0.2, 0) is 9.59 Å². The number of carbonyl (C=O) groups excluding carboxylic acids is 3. The fourth-order valence-electron chi connectivity index (χ4n) is 2.75. The highest BCUT2D eigenvalue weighted by Crippen LogP contribution is 2.25. The molecular weight excluding hydrogens is 573 g/mol. The fourth-order valence-corrected chi connectivity index (χ4v) is 3.43. The molecule has 186 valence electrons. The van der Waals surface area contributed by atoms with Crippen LogP contribution in [0.25, 0.3) is 0 Å². The Hall–Kier alpha value is -3.40. The van der Waals surface area contributed by atoms with E-state index in [1.807, 2.05) is 6.92 Å². The highest BCUT2D eigenvalue weighted by atomic mass is 79.9. The third-order valence-electron chi connectivity index (χ3n) is 4.49. The van der Waals surface area contributed by atoms with Crippen LogP contribution in [0.15, 0.2) is 70.2 Å². The second-order valence-corrected chi connectivity index (χ2v) is 8.96. The van der Waals surface area contributed by atoms with Crippen LogP contribution in [0.5, 0.6) is 11.5 Å². The lowest BCUT2D eigenvalue weighted by Crippen LogP contribution is -2.32. The number of hydrogen-bond acceptors (Lipinski definition) is 6. The first kappa shape index (κ1) is 27.2. The molecule has 0 unspecified atom stereocenters. The molecule has 0 saturated carbocycles. The minimum Gasteiger partial charge on any atom is -0.494 e. The van der Waals surface area contributed by atoms with Gasteiger partial charge in [-0.15, -0.1) is 0 Å². The molecule has 0 aliphatic rings. The van der Waals surface area contributed by atoms with Gasteiger partial charge in [0.05, 0.1) is 28.4 Å².